The van der Waals surface area contributed by atoms with E-state index in [9.17, 15) is 9.59 Å². The molecule has 2 aromatic rings. The molecule has 144 valence electrons. The topological polar surface area (TPSA) is 62.2 Å². The third kappa shape index (κ3) is 2.85. The molecule has 0 fully saturated rings. The molecule has 0 bridgehead atoms. The maximum absolute atomic E-state index is 13.4. The first-order valence-corrected chi connectivity index (χ1v) is 9.44. The van der Waals surface area contributed by atoms with Gasteiger partial charge in [-0.2, -0.15) is 5.10 Å². The zero-order valence-corrected chi connectivity index (χ0v) is 16.2. The third-order valence-electron chi connectivity index (χ3n) is 5.71. The van der Waals surface area contributed by atoms with Crippen molar-refractivity contribution in [3.63, 3.8) is 0 Å². The predicted molar refractivity (Wildman–Crippen MR) is 107 cm³/mol. The summed E-state index contributed by atoms with van der Waals surface area (Å²) in [7, 11) is 1.36. The summed E-state index contributed by atoms with van der Waals surface area (Å²) >= 11 is 0. The molecule has 4 rings (SSSR count). The molecule has 0 N–H and O–H groups in total. The Kier molecular flexibility index (Phi) is 4.63. The van der Waals surface area contributed by atoms with Gasteiger partial charge in [0.1, 0.15) is 0 Å². The van der Waals surface area contributed by atoms with E-state index in [-0.39, 0.29) is 23.9 Å². The number of esters is 1. The third-order valence-corrected chi connectivity index (χ3v) is 5.71. The molecule has 0 aliphatic carbocycles. The van der Waals surface area contributed by atoms with Gasteiger partial charge in [0.25, 0.3) is 5.91 Å². The Bertz CT molecular complexity index is 941. The Morgan fingerprint density at radius 3 is 2.54 bits per heavy atom. The van der Waals surface area contributed by atoms with Crippen LogP contribution >= 0.6 is 0 Å². The van der Waals surface area contributed by atoms with Crippen molar-refractivity contribution < 1.29 is 14.3 Å². The van der Waals surface area contributed by atoms with Gasteiger partial charge in [-0.15, -0.1) is 0 Å². The molecule has 0 aromatic heterocycles. The monoisotopic (exact) mass is 377 g/mol. The van der Waals surface area contributed by atoms with Gasteiger partial charge in [-0.05, 0) is 24.6 Å². The lowest BCUT2D eigenvalue weighted by molar-refractivity contribution is -0.133. The van der Waals surface area contributed by atoms with Crippen molar-refractivity contribution in [1.29, 1.82) is 0 Å². The van der Waals surface area contributed by atoms with Crippen molar-refractivity contribution in [1.82, 2.24) is 4.90 Å². The number of hydrogen-bond acceptors (Lipinski definition) is 5. The van der Waals surface area contributed by atoms with E-state index in [1.165, 1.54) is 7.11 Å². The fourth-order valence-electron chi connectivity index (χ4n) is 4.01. The van der Waals surface area contributed by atoms with E-state index < -0.39 is 5.97 Å². The first kappa shape index (κ1) is 18.2. The Hall–Kier alpha value is -3.15. The fraction of sp³-hybridized carbons (Fsp3) is 0.318. The highest BCUT2D eigenvalue weighted by Crippen LogP contribution is 2.37. The molecule has 28 heavy (non-hydrogen) atoms. The Morgan fingerprint density at radius 1 is 1.14 bits per heavy atom. The molecule has 0 saturated heterocycles. The molecule has 0 spiro atoms. The summed E-state index contributed by atoms with van der Waals surface area (Å²) in [6.07, 6.45) is 0. The van der Waals surface area contributed by atoms with Crippen molar-refractivity contribution in [2.75, 3.05) is 18.7 Å². The van der Waals surface area contributed by atoms with Gasteiger partial charge in [0.05, 0.1) is 30.4 Å². The van der Waals surface area contributed by atoms with Crippen LogP contribution in [0.4, 0.5) is 5.69 Å². The molecule has 2 aliphatic heterocycles. The SMILES string of the molecule is COC(=O)C1=NN2c3ccccc3C(=O)N([C@@H](C)c3ccccc3)C[C@H]2[C@@H]1C. The van der Waals surface area contributed by atoms with Crippen LogP contribution < -0.4 is 5.01 Å². The number of hydrogen-bond donors (Lipinski definition) is 0. The molecule has 0 unspecified atom stereocenters. The number of hydrazone groups is 1. The second-order valence-electron chi connectivity index (χ2n) is 7.24. The summed E-state index contributed by atoms with van der Waals surface area (Å²) in [5.74, 6) is -0.604. The van der Waals surface area contributed by atoms with Crippen molar-refractivity contribution >= 4 is 23.3 Å². The highest BCUT2D eigenvalue weighted by atomic mass is 16.5. The van der Waals surface area contributed by atoms with Gasteiger partial charge in [-0.25, -0.2) is 4.79 Å². The van der Waals surface area contributed by atoms with Crippen LogP contribution in [-0.2, 0) is 9.53 Å². The minimum absolute atomic E-state index is 0.0247. The number of carbonyl (C=O) groups is 2. The largest absolute Gasteiger partial charge is 0.464 e. The Balaban J connectivity index is 1.79. The van der Waals surface area contributed by atoms with E-state index in [0.29, 0.717) is 17.8 Å². The highest BCUT2D eigenvalue weighted by molar-refractivity contribution is 6.38. The van der Waals surface area contributed by atoms with Crippen LogP contribution in [0.25, 0.3) is 0 Å². The van der Waals surface area contributed by atoms with Crippen LogP contribution in [0.3, 0.4) is 0 Å². The average Bonchev–Trinajstić information content (AvgIpc) is 3.00. The number of fused-ring (bicyclic) bond motifs is 3. The summed E-state index contributed by atoms with van der Waals surface area (Å²) in [5, 5.41) is 6.38. The van der Waals surface area contributed by atoms with Crippen LogP contribution in [0.2, 0.25) is 0 Å². The van der Waals surface area contributed by atoms with Crippen molar-refractivity contribution in [3.05, 3.63) is 65.7 Å². The molecule has 2 aromatic carbocycles. The lowest BCUT2D eigenvalue weighted by atomic mass is 9.96. The normalized spacial score (nSPS) is 22.1. The lowest BCUT2D eigenvalue weighted by Crippen LogP contribution is -2.44. The van der Waals surface area contributed by atoms with Crippen LogP contribution in [0.5, 0.6) is 0 Å². The minimum atomic E-state index is -0.424. The number of rotatable bonds is 3. The quantitative estimate of drug-likeness (QED) is 0.771. The molecule has 2 heterocycles. The number of benzene rings is 2. The molecule has 2 aliphatic rings. The van der Waals surface area contributed by atoms with Gasteiger partial charge in [0.15, 0.2) is 5.71 Å². The van der Waals surface area contributed by atoms with Crippen LogP contribution in [0.15, 0.2) is 59.7 Å². The van der Waals surface area contributed by atoms with Gasteiger partial charge >= 0.3 is 5.97 Å². The maximum Gasteiger partial charge on any atom is 0.354 e. The molecular weight excluding hydrogens is 354 g/mol. The van der Waals surface area contributed by atoms with Gasteiger partial charge in [0, 0.05) is 12.5 Å². The molecule has 0 radical (unpaired) electrons. The van der Waals surface area contributed by atoms with Gasteiger partial charge in [-0.1, -0.05) is 49.4 Å². The van der Waals surface area contributed by atoms with Gasteiger partial charge in [0.2, 0.25) is 0 Å². The van der Waals surface area contributed by atoms with Crippen LogP contribution in [-0.4, -0.2) is 42.2 Å². The summed E-state index contributed by atoms with van der Waals surface area (Å²) in [5.41, 5.74) is 2.78. The van der Waals surface area contributed by atoms with Crippen molar-refractivity contribution in [3.8, 4) is 0 Å². The maximum atomic E-state index is 13.4. The summed E-state index contributed by atoms with van der Waals surface area (Å²) < 4.78 is 4.92. The molecule has 3 atom stereocenters. The highest BCUT2D eigenvalue weighted by Gasteiger charge is 2.44. The summed E-state index contributed by atoms with van der Waals surface area (Å²) in [6.45, 7) is 4.46. The second-order valence-corrected chi connectivity index (χ2v) is 7.24. The van der Waals surface area contributed by atoms with E-state index in [2.05, 4.69) is 5.10 Å². The van der Waals surface area contributed by atoms with E-state index >= 15 is 0 Å². The second kappa shape index (κ2) is 7.11. The molecular formula is C22H23N3O3. The standard InChI is InChI=1S/C22H23N3O3/c1-14-19-13-24(15(2)16-9-5-4-6-10-16)21(26)17-11-7-8-12-18(17)25(19)23-20(14)22(27)28-3/h4-12,14-15,19H,13H2,1-3H3/t14-,15-,19-/m0/s1. The lowest BCUT2D eigenvalue weighted by Gasteiger charge is -2.32. The molecule has 6 heteroatoms. The molecule has 6 nitrogen and oxygen atoms in total. The number of carbonyl (C=O) groups excluding carboxylic acids is 2. The average molecular weight is 377 g/mol. The van der Waals surface area contributed by atoms with E-state index in [1.807, 2.05) is 78.4 Å². The number of anilines is 1. The zero-order valence-electron chi connectivity index (χ0n) is 16.2. The summed E-state index contributed by atoms with van der Waals surface area (Å²) in [6, 6.07) is 17.2. The van der Waals surface area contributed by atoms with Gasteiger partial charge < -0.3 is 9.64 Å². The van der Waals surface area contributed by atoms with Crippen LogP contribution in [0.1, 0.15) is 35.8 Å². The Labute approximate surface area is 164 Å². The minimum Gasteiger partial charge on any atom is -0.464 e. The first-order chi connectivity index (χ1) is 13.5. The van der Waals surface area contributed by atoms with E-state index in [0.717, 1.165) is 11.3 Å². The number of amides is 1. The predicted octanol–water partition coefficient (Wildman–Crippen LogP) is 3.26. The molecule has 0 saturated carbocycles. The van der Waals surface area contributed by atoms with Gasteiger partial charge in [-0.3, -0.25) is 9.80 Å². The molecule has 1 amide bonds. The fourth-order valence-corrected chi connectivity index (χ4v) is 4.01. The van der Waals surface area contributed by atoms with E-state index in [4.69, 9.17) is 4.74 Å². The zero-order chi connectivity index (χ0) is 19.8. The first-order valence-electron chi connectivity index (χ1n) is 9.44. The van der Waals surface area contributed by atoms with Crippen molar-refractivity contribution in [2.24, 2.45) is 11.0 Å². The number of methoxy groups -OCH3 is 1. The number of para-hydroxylation sites is 1. The Morgan fingerprint density at radius 2 is 1.82 bits per heavy atom. The smallest absolute Gasteiger partial charge is 0.354 e. The van der Waals surface area contributed by atoms with Crippen LogP contribution in [0, 0.1) is 5.92 Å². The van der Waals surface area contributed by atoms with Crippen molar-refractivity contribution in [2.45, 2.75) is 25.9 Å². The van der Waals surface area contributed by atoms with E-state index in [1.54, 1.807) is 0 Å². The summed E-state index contributed by atoms with van der Waals surface area (Å²) in [4.78, 5) is 27.5. The number of nitrogens with zero attached hydrogens (tertiary/aromatic N) is 3. The number of ether oxygens (including phenoxy) is 1.